The minimum absolute atomic E-state index is 0.00843. The van der Waals surface area contributed by atoms with Crippen molar-refractivity contribution in [2.45, 2.75) is 128 Å². The van der Waals surface area contributed by atoms with Gasteiger partial charge in [-0.1, -0.05) is 27.7 Å². The third-order valence-electron chi connectivity index (χ3n) is 10.7. The Morgan fingerprint density at radius 2 is 1.48 bits per heavy atom. The van der Waals surface area contributed by atoms with Gasteiger partial charge in [0.15, 0.2) is 0 Å². The number of carbonyl (C=O) groups is 1. The van der Waals surface area contributed by atoms with Crippen LogP contribution in [0.25, 0.3) is 22.2 Å². The highest BCUT2D eigenvalue weighted by Crippen LogP contribution is 2.52. The first kappa shape index (κ1) is 40.3. The number of hydrogen-bond donors (Lipinski definition) is 8. The van der Waals surface area contributed by atoms with Gasteiger partial charge in [-0.3, -0.25) is 9.88 Å². The van der Waals surface area contributed by atoms with Gasteiger partial charge in [0.2, 0.25) is 0 Å². The highest BCUT2D eigenvalue weighted by molar-refractivity contribution is 5.95. The lowest BCUT2D eigenvalue weighted by atomic mass is 9.80. The SMILES string of the molecule is CC(=O)CC(C)(C)Cc1c(-c2cc(N3C(O)(O)C(O)(O)N(C4CC4)C(O)(O)C3(O)O)cnc2C(C)C)n(CC(F)(F)F)c2ccc(N3CCCCC3)cc12. The normalized spacial score (nSPS) is 21.6. The van der Waals surface area contributed by atoms with E-state index in [1.54, 1.807) is 26.0 Å². The number of carbonyl (C=O) groups excluding carboxylic acids is 1. The summed E-state index contributed by atoms with van der Waals surface area (Å²) in [6.45, 7) is 8.53. The first-order chi connectivity index (χ1) is 24.8. The Morgan fingerprint density at radius 1 is 0.889 bits per heavy atom. The Bertz CT molecular complexity index is 1890. The van der Waals surface area contributed by atoms with Crippen molar-refractivity contribution in [1.82, 2.24) is 14.5 Å². The second-order valence-electron chi connectivity index (χ2n) is 16.3. The lowest BCUT2D eigenvalue weighted by Crippen LogP contribution is -2.91. The van der Waals surface area contributed by atoms with Crippen LogP contribution in [-0.2, 0) is 17.8 Å². The van der Waals surface area contributed by atoms with E-state index in [9.17, 15) is 58.8 Å². The fourth-order valence-electron chi connectivity index (χ4n) is 8.30. The monoisotopic (exact) mass is 765 g/mol. The van der Waals surface area contributed by atoms with Crippen molar-refractivity contribution in [3.63, 3.8) is 0 Å². The molecule has 298 valence electrons. The maximum atomic E-state index is 14.6. The lowest BCUT2D eigenvalue weighted by molar-refractivity contribution is -0.549. The number of piperidine rings is 1. The summed E-state index contributed by atoms with van der Waals surface area (Å²) in [4.78, 5) is 18.7. The van der Waals surface area contributed by atoms with E-state index in [2.05, 4.69) is 9.88 Å². The van der Waals surface area contributed by atoms with Crippen molar-refractivity contribution < 1.29 is 58.8 Å². The molecule has 2 aliphatic heterocycles. The molecule has 1 saturated carbocycles. The maximum absolute atomic E-state index is 14.6. The van der Waals surface area contributed by atoms with Crippen LogP contribution in [0.1, 0.15) is 90.3 Å². The summed E-state index contributed by atoms with van der Waals surface area (Å²) in [5.41, 5.74) is 0.0701. The average molecular weight is 766 g/mol. The van der Waals surface area contributed by atoms with Crippen molar-refractivity contribution in [2.24, 2.45) is 5.41 Å². The van der Waals surface area contributed by atoms with E-state index in [-0.39, 0.29) is 63.7 Å². The minimum atomic E-state index is -4.75. The molecule has 2 saturated heterocycles. The molecule has 6 rings (SSSR count). The third-order valence-corrected chi connectivity index (χ3v) is 10.7. The molecule has 0 atom stereocenters. The second-order valence-corrected chi connectivity index (χ2v) is 16.3. The van der Waals surface area contributed by atoms with E-state index < -0.39 is 59.4 Å². The predicted octanol–water partition coefficient (Wildman–Crippen LogP) is 2.77. The molecular formula is C37H50F3N5O9. The molecule has 0 unspecified atom stereocenters. The van der Waals surface area contributed by atoms with Crippen LogP contribution in [0.15, 0.2) is 30.5 Å². The molecule has 17 heteroatoms. The number of hydrogen-bond acceptors (Lipinski definition) is 13. The number of Topliss-reactive ketones (excluding diaryl/α,β-unsaturated/α-hetero) is 1. The number of fused-ring (bicyclic) bond motifs is 1. The fraction of sp³-hybridized carbons (Fsp3) is 0.622. The first-order valence-corrected chi connectivity index (χ1v) is 18.2. The summed E-state index contributed by atoms with van der Waals surface area (Å²) in [6.07, 6.45) is -0.524. The highest BCUT2D eigenvalue weighted by Gasteiger charge is 2.79. The van der Waals surface area contributed by atoms with Gasteiger partial charge in [0.25, 0.3) is 0 Å². The minimum Gasteiger partial charge on any atom is -0.372 e. The van der Waals surface area contributed by atoms with Gasteiger partial charge in [-0.05, 0) is 86.6 Å². The number of benzene rings is 1. The van der Waals surface area contributed by atoms with Gasteiger partial charge in [0.1, 0.15) is 12.3 Å². The van der Waals surface area contributed by atoms with Gasteiger partial charge in [0.05, 0.1) is 23.3 Å². The Kier molecular flexibility index (Phi) is 9.98. The molecule has 0 amide bonds. The Morgan fingerprint density at radius 3 is 2.00 bits per heavy atom. The quantitative estimate of drug-likeness (QED) is 0.140. The number of aliphatic hydroxyl groups is 8. The van der Waals surface area contributed by atoms with E-state index in [1.165, 1.54) is 6.92 Å². The van der Waals surface area contributed by atoms with Crippen molar-refractivity contribution in [3.8, 4) is 11.3 Å². The Labute approximate surface area is 310 Å². The van der Waals surface area contributed by atoms with Crippen molar-refractivity contribution in [3.05, 3.63) is 41.7 Å². The van der Waals surface area contributed by atoms with Crippen molar-refractivity contribution >= 4 is 28.1 Å². The molecule has 54 heavy (non-hydrogen) atoms. The van der Waals surface area contributed by atoms with E-state index in [1.807, 2.05) is 19.9 Å². The molecule has 1 aliphatic carbocycles. The molecule has 4 heterocycles. The molecule has 1 aromatic carbocycles. The smallest absolute Gasteiger partial charge is 0.372 e. The van der Waals surface area contributed by atoms with Crippen LogP contribution in [0.4, 0.5) is 24.5 Å². The summed E-state index contributed by atoms with van der Waals surface area (Å²) in [7, 11) is 0. The molecule has 0 bridgehead atoms. The van der Waals surface area contributed by atoms with Crippen LogP contribution in [0.3, 0.4) is 0 Å². The molecule has 2 aromatic heterocycles. The van der Waals surface area contributed by atoms with Crippen LogP contribution >= 0.6 is 0 Å². The van der Waals surface area contributed by atoms with Gasteiger partial charge in [-0.15, -0.1) is 0 Å². The van der Waals surface area contributed by atoms with Crippen molar-refractivity contribution in [2.75, 3.05) is 22.9 Å². The summed E-state index contributed by atoms with van der Waals surface area (Å²) in [6, 6.07) is 5.15. The number of alkyl halides is 3. The number of halogens is 3. The van der Waals surface area contributed by atoms with Gasteiger partial charge in [-0.2, -0.15) is 18.1 Å². The number of aromatic nitrogens is 2. The summed E-state index contributed by atoms with van der Waals surface area (Å²) in [5.74, 6) is -16.7. The van der Waals surface area contributed by atoms with Crippen LogP contribution < -0.4 is 9.80 Å². The third kappa shape index (κ3) is 6.87. The summed E-state index contributed by atoms with van der Waals surface area (Å²) in [5, 5.41) is 90.0. The summed E-state index contributed by atoms with van der Waals surface area (Å²) < 4.78 is 44.9. The standard InChI is InChI=1S/C37H50F3N5O9/c1-21(2)30-27(16-25(19-41-30)45-36(51,52)34(47,48)44(23-9-10-23)35(49,50)37(45,53)54)31-28(18-32(4,5)17-22(3)46)26-15-24(42-13-7-6-8-14-42)11-12-29(26)43(31)20-33(38,39)40/h11-12,15-16,19,21,23,47-54H,6-10,13-14,17-18,20H2,1-5H3. The molecule has 3 fully saturated rings. The average Bonchev–Trinajstić information content (AvgIpc) is 3.82. The van der Waals surface area contributed by atoms with Crippen LogP contribution in [0.2, 0.25) is 0 Å². The zero-order chi connectivity index (χ0) is 40.0. The van der Waals surface area contributed by atoms with Gasteiger partial charge >= 0.3 is 29.8 Å². The van der Waals surface area contributed by atoms with E-state index in [0.717, 1.165) is 54.9 Å². The molecule has 8 N–H and O–H groups in total. The second kappa shape index (κ2) is 13.4. The first-order valence-electron chi connectivity index (χ1n) is 18.2. The topological polar surface area (TPSA) is 206 Å². The van der Waals surface area contributed by atoms with E-state index in [0.29, 0.717) is 10.9 Å². The number of pyridine rings is 1. The number of rotatable bonds is 10. The zero-order valence-electron chi connectivity index (χ0n) is 31.0. The lowest BCUT2D eigenvalue weighted by Gasteiger charge is -2.61. The number of anilines is 2. The Hall–Kier alpha value is -3.39. The maximum Gasteiger partial charge on any atom is 0.406 e. The zero-order valence-corrected chi connectivity index (χ0v) is 31.0. The molecular weight excluding hydrogens is 715 g/mol. The number of nitrogens with zero attached hydrogens (tertiary/aromatic N) is 5. The fourth-order valence-corrected chi connectivity index (χ4v) is 8.30. The van der Waals surface area contributed by atoms with E-state index in [4.69, 9.17) is 0 Å². The number of piperazine rings is 1. The highest BCUT2D eigenvalue weighted by atomic mass is 19.4. The molecule has 14 nitrogen and oxygen atoms in total. The van der Waals surface area contributed by atoms with Crippen LogP contribution in [0.5, 0.6) is 0 Å². The van der Waals surface area contributed by atoms with Crippen LogP contribution in [0, 0.1) is 5.41 Å². The van der Waals surface area contributed by atoms with Crippen LogP contribution in [-0.4, -0.2) is 110 Å². The molecule has 0 radical (unpaired) electrons. The van der Waals surface area contributed by atoms with E-state index >= 15 is 0 Å². The Balaban J connectivity index is 1.67. The summed E-state index contributed by atoms with van der Waals surface area (Å²) >= 11 is 0. The molecule has 0 spiro atoms. The molecule has 3 aliphatic rings. The number of ketones is 1. The van der Waals surface area contributed by atoms with Gasteiger partial charge < -0.3 is 55.1 Å². The van der Waals surface area contributed by atoms with Gasteiger partial charge in [0, 0.05) is 47.7 Å². The predicted molar refractivity (Wildman–Crippen MR) is 190 cm³/mol. The van der Waals surface area contributed by atoms with Crippen molar-refractivity contribution in [1.29, 1.82) is 0 Å². The van der Waals surface area contributed by atoms with Gasteiger partial charge in [-0.25, -0.2) is 0 Å². The molecule has 3 aromatic rings. The largest absolute Gasteiger partial charge is 0.406 e.